The molecule has 1 aromatic heterocycles. The zero-order chi connectivity index (χ0) is 27.0. The Labute approximate surface area is 228 Å². The summed E-state index contributed by atoms with van der Waals surface area (Å²) < 4.78 is 17.7. The van der Waals surface area contributed by atoms with E-state index in [1.54, 1.807) is 11.0 Å². The van der Waals surface area contributed by atoms with Crippen LogP contribution < -0.4 is 4.74 Å². The van der Waals surface area contributed by atoms with Crippen molar-refractivity contribution in [3.8, 4) is 5.75 Å². The molecular formula is C27H38IN3O5. The predicted molar refractivity (Wildman–Crippen MR) is 149 cm³/mol. The number of carbonyl (C=O) groups is 2. The van der Waals surface area contributed by atoms with E-state index in [0.29, 0.717) is 37.5 Å². The number of methoxy groups -OCH3 is 1. The highest BCUT2D eigenvalue weighted by atomic mass is 127. The molecule has 0 N–H and O–H groups in total. The first kappa shape index (κ1) is 29.8. The molecule has 36 heavy (non-hydrogen) atoms. The molecule has 0 aliphatic rings. The minimum absolute atomic E-state index is 0.317. The Balaban J connectivity index is 2.20. The zero-order valence-electron chi connectivity index (χ0n) is 22.6. The van der Waals surface area contributed by atoms with Gasteiger partial charge < -0.3 is 24.0 Å². The Kier molecular flexibility index (Phi) is 11.0. The van der Waals surface area contributed by atoms with E-state index in [-0.39, 0.29) is 18.2 Å². The van der Waals surface area contributed by atoms with Crippen LogP contribution >= 0.6 is 22.6 Å². The molecule has 0 radical (unpaired) electrons. The van der Waals surface area contributed by atoms with Gasteiger partial charge in [0.25, 0.3) is 0 Å². The highest BCUT2D eigenvalue weighted by molar-refractivity contribution is 14.1. The lowest BCUT2D eigenvalue weighted by Crippen LogP contribution is -2.41. The van der Waals surface area contributed by atoms with Crippen molar-refractivity contribution in [2.75, 3.05) is 40.3 Å². The Morgan fingerprint density at radius 1 is 1.14 bits per heavy atom. The van der Waals surface area contributed by atoms with Crippen LogP contribution in [0, 0.1) is 17.4 Å². The van der Waals surface area contributed by atoms with Crippen LogP contribution in [0.2, 0.25) is 0 Å². The molecule has 2 rings (SSSR count). The smallest absolute Gasteiger partial charge is 0.410 e. The third-order valence-electron chi connectivity index (χ3n) is 5.48. The van der Waals surface area contributed by atoms with Gasteiger partial charge in [0.15, 0.2) is 6.10 Å². The second kappa shape index (κ2) is 13.2. The van der Waals surface area contributed by atoms with Crippen molar-refractivity contribution in [2.24, 2.45) is 0 Å². The van der Waals surface area contributed by atoms with Crippen LogP contribution in [-0.4, -0.2) is 72.8 Å². The maximum Gasteiger partial charge on any atom is 0.410 e. The van der Waals surface area contributed by atoms with Gasteiger partial charge in [-0.2, -0.15) is 0 Å². The van der Waals surface area contributed by atoms with Crippen LogP contribution in [0.3, 0.4) is 0 Å². The van der Waals surface area contributed by atoms with E-state index in [1.807, 2.05) is 73.0 Å². The summed E-state index contributed by atoms with van der Waals surface area (Å²) in [6.45, 7) is 13.7. The molecule has 1 heterocycles. The number of ether oxygens (including phenoxy) is 3. The van der Waals surface area contributed by atoms with Gasteiger partial charge in [-0.1, -0.05) is 6.07 Å². The highest BCUT2D eigenvalue weighted by Crippen LogP contribution is 2.30. The molecule has 8 nitrogen and oxygen atoms in total. The SMILES string of the molecule is CCN(CCN(C)C[C@@H](Oc1cc(C)c(C(=O)OC)cc1I)c1ccc(C)cn1)C(=O)OC(C)(C)C. The van der Waals surface area contributed by atoms with Gasteiger partial charge in [0.05, 0.1) is 21.9 Å². The Morgan fingerprint density at radius 2 is 1.83 bits per heavy atom. The fourth-order valence-corrected chi connectivity index (χ4v) is 4.05. The first-order chi connectivity index (χ1) is 16.8. The first-order valence-corrected chi connectivity index (χ1v) is 13.1. The summed E-state index contributed by atoms with van der Waals surface area (Å²) >= 11 is 2.17. The summed E-state index contributed by atoms with van der Waals surface area (Å²) in [6, 6.07) is 7.61. The number of aryl methyl sites for hydroxylation is 2. The number of rotatable bonds is 10. The number of hydrogen-bond acceptors (Lipinski definition) is 7. The van der Waals surface area contributed by atoms with Crippen LogP contribution in [0.1, 0.15) is 61.0 Å². The van der Waals surface area contributed by atoms with Gasteiger partial charge in [-0.3, -0.25) is 4.98 Å². The predicted octanol–water partition coefficient (Wildman–Crippen LogP) is 5.40. The third-order valence-corrected chi connectivity index (χ3v) is 6.32. The Morgan fingerprint density at radius 3 is 2.39 bits per heavy atom. The lowest BCUT2D eigenvalue weighted by Gasteiger charge is -2.29. The monoisotopic (exact) mass is 611 g/mol. The number of carbonyl (C=O) groups excluding carboxylic acids is 2. The molecule has 198 valence electrons. The van der Waals surface area contributed by atoms with Crippen molar-refractivity contribution in [2.45, 2.75) is 53.2 Å². The average molecular weight is 612 g/mol. The fraction of sp³-hybridized carbons (Fsp3) is 0.519. The lowest BCUT2D eigenvalue weighted by molar-refractivity contribution is 0.0240. The van der Waals surface area contributed by atoms with E-state index in [1.165, 1.54) is 7.11 Å². The second-order valence-corrected chi connectivity index (χ2v) is 10.9. The van der Waals surface area contributed by atoms with Gasteiger partial charge in [0, 0.05) is 32.4 Å². The number of esters is 1. The van der Waals surface area contributed by atoms with E-state index in [0.717, 1.165) is 20.4 Å². The summed E-state index contributed by atoms with van der Waals surface area (Å²) in [4.78, 5) is 33.0. The van der Waals surface area contributed by atoms with Gasteiger partial charge in [0.1, 0.15) is 11.4 Å². The van der Waals surface area contributed by atoms with Gasteiger partial charge in [-0.25, -0.2) is 9.59 Å². The van der Waals surface area contributed by atoms with Crippen LogP contribution in [0.5, 0.6) is 5.75 Å². The van der Waals surface area contributed by atoms with E-state index >= 15 is 0 Å². The zero-order valence-corrected chi connectivity index (χ0v) is 24.7. The number of hydrogen-bond donors (Lipinski definition) is 0. The van der Waals surface area contributed by atoms with E-state index < -0.39 is 5.60 Å². The van der Waals surface area contributed by atoms with Gasteiger partial charge >= 0.3 is 12.1 Å². The van der Waals surface area contributed by atoms with Crippen LogP contribution in [-0.2, 0) is 9.47 Å². The number of aromatic nitrogens is 1. The van der Waals surface area contributed by atoms with Crippen molar-refractivity contribution in [3.63, 3.8) is 0 Å². The topological polar surface area (TPSA) is 81.2 Å². The summed E-state index contributed by atoms with van der Waals surface area (Å²) in [7, 11) is 3.36. The van der Waals surface area contributed by atoms with Crippen molar-refractivity contribution >= 4 is 34.7 Å². The maximum absolute atomic E-state index is 12.5. The van der Waals surface area contributed by atoms with Crippen LogP contribution in [0.25, 0.3) is 0 Å². The molecule has 0 saturated carbocycles. The molecule has 0 spiro atoms. The minimum atomic E-state index is -0.537. The molecule has 9 heteroatoms. The molecular weight excluding hydrogens is 573 g/mol. The normalized spacial score (nSPS) is 12.3. The number of pyridine rings is 1. The molecule has 1 aromatic carbocycles. The molecule has 0 unspecified atom stereocenters. The number of nitrogens with zero attached hydrogens (tertiary/aromatic N) is 3. The van der Waals surface area contributed by atoms with Crippen molar-refractivity contribution < 1.29 is 23.8 Å². The van der Waals surface area contributed by atoms with Crippen LogP contribution in [0.4, 0.5) is 4.79 Å². The maximum atomic E-state index is 12.5. The van der Waals surface area contributed by atoms with Crippen molar-refractivity contribution in [1.29, 1.82) is 0 Å². The quantitative estimate of drug-likeness (QED) is 0.263. The fourth-order valence-electron chi connectivity index (χ4n) is 3.46. The molecule has 0 fully saturated rings. The standard InChI is InChI=1S/C27H38IN3O5/c1-9-31(26(33)36-27(4,5)6)13-12-30(7)17-24(22-11-10-18(2)16-29-22)35-23-14-19(3)20(15-21(23)28)25(32)34-8/h10-11,14-16,24H,9,12-13,17H2,1-8H3/t24-/m1/s1. The molecule has 0 aliphatic carbocycles. The second-order valence-electron chi connectivity index (χ2n) is 9.78. The lowest BCUT2D eigenvalue weighted by atomic mass is 10.1. The van der Waals surface area contributed by atoms with Crippen molar-refractivity contribution in [3.05, 3.63) is 56.4 Å². The Bertz CT molecular complexity index is 1040. The molecule has 2 aromatic rings. The van der Waals surface area contributed by atoms with Crippen molar-refractivity contribution in [1.82, 2.24) is 14.8 Å². The van der Waals surface area contributed by atoms with E-state index in [9.17, 15) is 9.59 Å². The molecule has 0 aliphatic heterocycles. The van der Waals surface area contributed by atoms with E-state index in [2.05, 4.69) is 32.5 Å². The number of halogens is 1. The van der Waals surface area contributed by atoms with Crippen LogP contribution in [0.15, 0.2) is 30.5 Å². The number of likely N-dealkylation sites (N-methyl/N-ethyl adjacent to an activating group) is 2. The summed E-state index contributed by atoms with van der Waals surface area (Å²) in [5.74, 6) is 0.296. The highest BCUT2D eigenvalue weighted by Gasteiger charge is 2.23. The molecule has 1 atom stereocenters. The van der Waals surface area contributed by atoms with Gasteiger partial charge in [-0.05, 0) is 101 Å². The minimum Gasteiger partial charge on any atom is -0.482 e. The Hall–Kier alpha value is -2.40. The van der Waals surface area contributed by atoms with E-state index in [4.69, 9.17) is 14.2 Å². The number of amides is 1. The first-order valence-electron chi connectivity index (χ1n) is 12.0. The summed E-state index contributed by atoms with van der Waals surface area (Å²) in [5.41, 5.74) is 2.62. The summed E-state index contributed by atoms with van der Waals surface area (Å²) in [5, 5.41) is 0. The molecule has 0 saturated heterocycles. The average Bonchev–Trinajstić information content (AvgIpc) is 2.80. The summed E-state index contributed by atoms with van der Waals surface area (Å²) in [6.07, 6.45) is 1.15. The molecule has 1 amide bonds. The number of benzene rings is 1. The molecule has 0 bridgehead atoms. The van der Waals surface area contributed by atoms with Gasteiger partial charge in [0.2, 0.25) is 0 Å². The van der Waals surface area contributed by atoms with Gasteiger partial charge in [-0.15, -0.1) is 0 Å². The third kappa shape index (κ3) is 8.92. The largest absolute Gasteiger partial charge is 0.482 e.